The molecule has 0 aliphatic carbocycles. The van der Waals surface area contributed by atoms with Crippen molar-refractivity contribution >= 4 is 28.4 Å². The Morgan fingerprint density at radius 1 is 1.08 bits per heavy atom. The number of halogens is 3. The van der Waals surface area contributed by atoms with Crippen LogP contribution in [-0.2, 0) is 19.3 Å². The molecular formula is C25H30F3N5O3. The maximum atomic E-state index is 13.3. The predicted octanol–water partition coefficient (Wildman–Crippen LogP) is 4.36. The molecule has 0 spiro atoms. The number of hydrogen-bond donors (Lipinski definition) is 3. The van der Waals surface area contributed by atoms with Crippen LogP contribution >= 0.6 is 0 Å². The van der Waals surface area contributed by atoms with Crippen molar-refractivity contribution in [2.24, 2.45) is 0 Å². The molecule has 11 heteroatoms. The molecule has 0 aliphatic rings. The first-order chi connectivity index (χ1) is 17.2. The molecule has 1 aromatic carbocycles. The number of nitrogens with one attached hydrogen (secondary N) is 2. The zero-order chi connectivity index (χ0) is 26.3. The summed E-state index contributed by atoms with van der Waals surface area (Å²) in [4.78, 5) is 30.6. The van der Waals surface area contributed by atoms with Crippen molar-refractivity contribution in [2.45, 2.75) is 46.0 Å². The second-order valence-electron chi connectivity index (χ2n) is 8.26. The van der Waals surface area contributed by atoms with Gasteiger partial charge in [-0.2, -0.15) is 13.2 Å². The highest BCUT2D eigenvalue weighted by Gasteiger charge is 2.33. The number of anilines is 2. The molecule has 0 unspecified atom stereocenters. The number of aliphatic hydroxyl groups is 1. The fourth-order valence-electron chi connectivity index (χ4n) is 4.02. The van der Waals surface area contributed by atoms with E-state index in [9.17, 15) is 27.9 Å². The Hall–Kier alpha value is -3.60. The van der Waals surface area contributed by atoms with Crippen LogP contribution in [0.15, 0.2) is 47.3 Å². The number of hydrogen-bond acceptors (Lipinski definition) is 5. The van der Waals surface area contributed by atoms with Crippen LogP contribution in [0.4, 0.5) is 29.5 Å². The van der Waals surface area contributed by atoms with Crippen LogP contribution in [0.3, 0.4) is 0 Å². The van der Waals surface area contributed by atoms with E-state index in [1.165, 1.54) is 16.7 Å². The van der Waals surface area contributed by atoms with Gasteiger partial charge in [0, 0.05) is 43.2 Å². The van der Waals surface area contributed by atoms with Crippen molar-refractivity contribution in [1.82, 2.24) is 14.9 Å². The first-order valence-electron chi connectivity index (χ1n) is 11.8. The fourth-order valence-corrected chi connectivity index (χ4v) is 4.02. The van der Waals surface area contributed by atoms with Crippen molar-refractivity contribution in [2.75, 3.05) is 29.9 Å². The maximum absolute atomic E-state index is 13.3. The Morgan fingerprint density at radius 3 is 2.44 bits per heavy atom. The minimum absolute atomic E-state index is 0.0315. The second-order valence-corrected chi connectivity index (χ2v) is 8.26. The molecule has 194 valence electrons. The van der Waals surface area contributed by atoms with Crippen LogP contribution in [0, 0.1) is 0 Å². The summed E-state index contributed by atoms with van der Waals surface area (Å²) in [5.74, 6) is 0.201. The van der Waals surface area contributed by atoms with Gasteiger partial charge in [-0.3, -0.25) is 4.79 Å². The van der Waals surface area contributed by atoms with Crippen LogP contribution in [0.1, 0.15) is 37.9 Å². The highest BCUT2D eigenvalue weighted by atomic mass is 19.4. The number of carbonyl (C=O) groups is 1. The van der Waals surface area contributed by atoms with Crippen LogP contribution < -0.4 is 21.1 Å². The molecule has 0 saturated heterocycles. The summed E-state index contributed by atoms with van der Waals surface area (Å²) < 4.78 is 41.4. The minimum Gasteiger partial charge on any atom is -0.395 e. The summed E-state index contributed by atoms with van der Waals surface area (Å²) in [5.41, 5.74) is 0.214. The average Bonchev–Trinajstić information content (AvgIpc) is 2.84. The summed E-state index contributed by atoms with van der Waals surface area (Å²) in [7, 11) is 0. The van der Waals surface area contributed by atoms with Gasteiger partial charge in [0.2, 0.25) is 0 Å². The maximum Gasteiger partial charge on any atom is 0.433 e. The van der Waals surface area contributed by atoms with Gasteiger partial charge in [-0.25, -0.2) is 9.78 Å². The van der Waals surface area contributed by atoms with Gasteiger partial charge in [0.25, 0.3) is 5.56 Å². The molecule has 2 aromatic heterocycles. The highest BCUT2D eigenvalue weighted by molar-refractivity contribution is 6.00. The number of pyridine rings is 2. The standard InChI is InChI=1S/C25H30F3N5O3/c1-3-12-32(13-4-2)23-17(8-10-21(31-23)25(26,27)28)16-29-24(36)30-19-6-5-7-20-18(19)9-11-22(35)33(20)14-15-34/h5-11,34H,3-4,12-16H2,1-2H3,(H2,29,30,36). The number of aromatic nitrogens is 2. The van der Waals surface area contributed by atoms with Crippen LogP contribution in [0.25, 0.3) is 10.9 Å². The lowest BCUT2D eigenvalue weighted by Gasteiger charge is -2.26. The number of urea groups is 1. The van der Waals surface area contributed by atoms with Gasteiger partial charge in [-0.15, -0.1) is 0 Å². The van der Waals surface area contributed by atoms with E-state index in [1.807, 2.05) is 13.8 Å². The van der Waals surface area contributed by atoms with Crippen molar-refractivity contribution in [3.63, 3.8) is 0 Å². The number of rotatable bonds is 10. The summed E-state index contributed by atoms with van der Waals surface area (Å²) >= 11 is 0. The van der Waals surface area contributed by atoms with Crippen LogP contribution in [0.5, 0.6) is 0 Å². The number of aliphatic hydroxyl groups excluding tert-OH is 1. The normalized spacial score (nSPS) is 11.5. The van der Waals surface area contributed by atoms with Gasteiger partial charge in [0.05, 0.1) is 17.8 Å². The van der Waals surface area contributed by atoms with Gasteiger partial charge in [-0.1, -0.05) is 26.0 Å². The van der Waals surface area contributed by atoms with Crippen molar-refractivity contribution in [3.8, 4) is 0 Å². The molecule has 0 bridgehead atoms. The average molecular weight is 506 g/mol. The number of nitrogens with zero attached hydrogens (tertiary/aromatic N) is 3. The topological polar surface area (TPSA) is 99.5 Å². The van der Waals surface area contributed by atoms with Crippen LogP contribution in [-0.4, -0.2) is 40.4 Å². The lowest BCUT2D eigenvalue weighted by molar-refractivity contribution is -0.141. The van der Waals surface area contributed by atoms with E-state index in [4.69, 9.17) is 0 Å². The zero-order valence-corrected chi connectivity index (χ0v) is 20.2. The SMILES string of the molecule is CCCN(CCC)c1nc(C(F)(F)F)ccc1CNC(=O)Nc1cccc2c1ccc(=O)n2CCO. The monoisotopic (exact) mass is 505 g/mol. The number of fused-ring (bicyclic) bond motifs is 1. The van der Waals surface area contributed by atoms with E-state index in [2.05, 4.69) is 15.6 Å². The third-order valence-corrected chi connectivity index (χ3v) is 5.58. The third kappa shape index (κ3) is 6.34. The largest absolute Gasteiger partial charge is 0.433 e. The summed E-state index contributed by atoms with van der Waals surface area (Å²) in [6.07, 6.45) is -3.12. The summed E-state index contributed by atoms with van der Waals surface area (Å²) in [5, 5.41) is 15.3. The minimum atomic E-state index is -4.58. The molecule has 0 fully saturated rings. The van der Waals surface area contributed by atoms with E-state index in [0.29, 0.717) is 35.2 Å². The molecule has 2 amide bonds. The first kappa shape index (κ1) is 27.0. The molecule has 3 aromatic rings. The van der Waals surface area contributed by atoms with Crippen LogP contribution in [0.2, 0.25) is 0 Å². The Labute approximate surface area is 206 Å². The van der Waals surface area contributed by atoms with Gasteiger partial charge in [-0.05, 0) is 37.1 Å². The molecule has 0 aliphatic heterocycles. The van der Waals surface area contributed by atoms with E-state index in [-0.39, 0.29) is 31.1 Å². The lowest BCUT2D eigenvalue weighted by atomic mass is 10.1. The molecule has 3 rings (SSSR count). The quantitative estimate of drug-likeness (QED) is 0.380. The van der Waals surface area contributed by atoms with Gasteiger partial charge < -0.3 is 25.2 Å². The molecule has 2 heterocycles. The zero-order valence-electron chi connectivity index (χ0n) is 20.2. The predicted molar refractivity (Wildman–Crippen MR) is 133 cm³/mol. The van der Waals surface area contributed by atoms with Crippen molar-refractivity contribution in [1.29, 1.82) is 0 Å². The number of benzene rings is 1. The van der Waals surface area contributed by atoms with E-state index >= 15 is 0 Å². The first-order valence-corrected chi connectivity index (χ1v) is 11.8. The van der Waals surface area contributed by atoms with Gasteiger partial charge >= 0.3 is 12.2 Å². The highest BCUT2D eigenvalue weighted by Crippen LogP contribution is 2.31. The van der Waals surface area contributed by atoms with Gasteiger partial charge in [0.15, 0.2) is 0 Å². The Bertz CT molecular complexity index is 1250. The number of amides is 2. The van der Waals surface area contributed by atoms with E-state index in [0.717, 1.165) is 18.9 Å². The summed E-state index contributed by atoms with van der Waals surface area (Å²) in [6, 6.07) is 9.71. The molecule has 0 saturated carbocycles. The summed E-state index contributed by atoms with van der Waals surface area (Å²) in [6.45, 7) is 4.81. The molecule has 3 N–H and O–H groups in total. The Balaban J connectivity index is 1.84. The van der Waals surface area contributed by atoms with Crippen molar-refractivity contribution < 1.29 is 23.1 Å². The van der Waals surface area contributed by atoms with Gasteiger partial charge in [0.1, 0.15) is 11.5 Å². The van der Waals surface area contributed by atoms with E-state index in [1.54, 1.807) is 29.2 Å². The molecule has 0 atom stereocenters. The van der Waals surface area contributed by atoms with Crippen molar-refractivity contribution in [3.05, 3.63) is 64.1 Å². The Kier molecular flexibility index (Phi) is 8.92. The third-order valence-electron chi connectivity index (χ3n) is 5.58. The Morgan fingerprint density at radius 2 is 1.81 bits per heavy atom. The smallest absolute Gasteiger partial charge is 0.395 e. The molecule has 36 heavy (non-hydrogen) atoms. The fraction of sp³-hybridized carbons (Fsp3) is 0.400. The number of alkyl halides is 3. The molecular weight excluding hydrogens is 475 g/mol. The molecule has 8 nitrogen and oxygen atoms in total. The second kappa shape index (κ2) is 11.9. The van der Waals surface area contributed by atoms with E-state index < -0.39 is 17.9 Å². The number of carbonyl (C=O) groups excluding carboxylic acids is 1. The lowest BCUT2D eigenvalue weighted by Crippen LogP contribution is -2.32. The molecule has 0 radical (unpaired) electrons.